The summed E-state index contributed by atoms with van der Waals surface area (Å²) in [6.07, 6.45) is 4.39. The van der Waals surface area contributed by atoms with Gasteiger partial charge in [-0.2, -0.15) is 0 Å². The molecule has 5 nitrogen and oxygen atoms in total. The number of hydrogen-bond acceptors (Lipinski definition) is 5. The molecule has 2 aliphatic rings. The highest BCUT2D eigenvalue weighted by Crippen LogP contribution is 2.46. The van der Waals surface area contributed by atoms with Gasteiger partial charge in [-0.1, -0.05) is 36.9 Å². The Bertz CT molecular complexity index is 763. The number of rotatable bonds is 5. The predicted octanol–water partition coefficient (Wildman–Crippen LogP) is 2.36. The lowest BCUT2D eigenvalue weighted by Gasteiger charge is -2.26. The number of allylic oxidation sites excluding steroid dienone is 2. The van der Waals surface area contributed by atoms with E-state index in [2.05, 4.69) is 0 Å². The number of ketones is 1. The van der Waals surface area contributed by atoms with Crippen LogP contribution in [0, 0.1) is 5.92 Å². The van der Waals surface area contributed by atoms with Crippen LogP contribution in [0.15, 0.2) is 39.7 Å². The highest BCUT2D eigenvalue weighted by Gasteiger charge is 2.34. The zero-order valence-electron chi connectivity index (χ0n) is 13.2. The second-order valence-corrected chi connectivity index (χ2v) is 6.72. The maximum Gasteiger partial charge on any atom is 0.318 e. The van der Waals surface area contributed by atoms with Crippen LogP contribution in [0.5, 0.6) is 5.75 Å². The van der Waals surface area contributed by atoms with Crippen LogP contribution in [0.25, 0.3) is 0 Å². The molecule has 1 heterocycles. The first-order valence-corrected chi connectivity index (χ1v) is 8.62. The van der Waals surface area contributed by atoms with E-state index in [0.29, 0.717) is 17.7 Å². The third-order valence-corrected chi connectivity index (χ3v) is 5.38. The molecule has 0 saturated heterocycles. The molecule has 0 spiro atoms. The number of aliphatic hydroxyl groups excluding tert-OH is 1. The zero-order chi connectivity index (χ0) is 17.3. The van der Waals surface area contributed by atoms with Gasteiger partial charge in [0.15, 0.2) is 5.78 Å². The van der Waals surface area contributed by atoms with Crippen molar-refractivity contribution in [3.63, 3.8) is 0 Å². The van der Waals surface area contributed by atoms with E-state index in [1.807, 2.05) is 19.1 Å². The standard InChI is InChI=1S/C18H18O5S/c1-2-10-7-11-9-13-15(4-3-12(16(13)20)18(21)22)24-17(11)14(8-10)23-6-5-19/h3-4,7-8,12,19H,2,5-6,9H2,1H3,(H,21,22). The lowest BCUT2D eigenvalue weighted by Crippen LogP contribution is -2.28. The number of aryl methyl sites for hydroxylation is 1. The van der Waals surface area contributed by atoms with Crippen LogP contribution in [0.1, 0.15) is 18.1 Å². The van der Waals surface area contributed by atoms with Crippen molar-refractivity contribution < 1.29 is 24.5 Å². The van der Waals surface area contributed by atoms with Crippen molar-refractivity contribution in [2.45, 2.75) is 24.7 Å². The van der Waals surface area contributed by atoms with Crippen LogP contribution >= 0.6 is 11.8 Å². The molecule has 0 bridgehead atoms. The highest BCUT2D eigenvalue weighted by atomic mass is 32.2. The predicted molar refractivity (Wildman–Crippen MR) is 90.3 cm³/mol. The molecule has 0 amide bonds. The van der Waals surface area contributed by atoms with Gasteiger partial charge in [-0.25, -0.2) is 0 Å². The minimum absolute atomic E-state index is 0.0670. The largest absolute Gasteiger partial charge is 0.490 e. The second-order valence-electron chi connectivity index (χ2n) is 5.67. The molecular formula is C18H18O5S. The van der Waals surface area contributed by atoms with Gasteiger partial charge in [0.25, 0.3) is 0 Å². The van der Waals surface area contributed by atoms with Gasteiger partial charge in [0.05, 0.1) is 11.5 Å². The number of Topliss-reactive ketones (excluding diaryl/α,β-unsaturated/α-hetero) is 1. The van der Waals surface area contributed by atoms with Gasteiger partial charge in [-0.3, -0.25) is 9.59 Å². The Morgan fingerprint density at radius 1 is 1.42 bits per heavy atom. The average Bonchev–Trinajstić information content (AvgIpc) is 2.58. The normalized spacial score (nSPS) is 19.1. The van der Waals surface area contributed by atoms with Gasteiger partial charge in [0.2, 0.25) is 0 Å². The minimum atomic E-state index is -1.12. The van der Waals surface area contributed by atoms with Crippen molar-refractivity contribution in [3.8, 4) is 5.75 Å². The summed E-state index contributed by atoms with van der Waals surface area (Å²) in [6.45, 7) is 2.18. The maximum absolute atomic E-state index is 12.5. The van der Waals surface area contributed by atoms with Gasteiger partial charge < -0.3 is 14.9 Å². The van der Waals surface area contributed by atoms with Crippen molar-refractivity contribution in [3.05, 3.63) is 45.9 Å². The smallest absolute Gasteiger partial charge is 0.318 e. The molecule has 1 aliphatic heterocycles. The van der Waals surface area contributed by atoms with E-state index in [4.69, 9.17) is 9.84 Å². The van der Waals surface area contributed by atoms with E-state index < -0.39 is 11.9 Å². The summed E-state index contributed by atoms with van der Waals surface area (Å²) in [4.78, 5) is 25.4. The van der Waals surface area contributed by atoms with Crippen LogP contribution in [0.4, 0.5) is 0 Å². The number of fused-ring (bicyclic) bond motifs is 1. The molecule has 2 N–H and O–H groups in total. The molecule has 1 atom stereocenters. The molecule has 0 radical (unpaired) electrons. The molecule has 1 unspecified atom stereocenters. The molecule has 6 heteroatoms. The fourth-order valence-electron chi connectivity index (χ4n) is 2.88. The first kappa shape index (κ1) is 16.8. The number of carbonyl (C=O) groups excluding carboxylic acids is 1. The summed E-state index contributed by atoms with van der Waals surface area (Å²) >= 11 is 1.43. The topological polar surface area (TPSA) is 83.8 Å². The Hall–Kier alpha value is -2.05. The number of carboxylic acids is 1. The van der Waals surface area contributed by atoms with E-state index in [-0.39, 0.29) is 19.0 Å². The molecule has 0 saturated carbocycles. The number of ether oxygens (including phenoxy) is 1. The van der Waals surface area contributed by atoms with Crippen molar-refractivity contribution >= 4 is 23.5 Å². The van der Waals surface area contributed by atoms with Gasteiger partial charge in [0.1, 0.15) is 18.3 Å². The van der Waals surface area contributed by atoms with Crippen LogP contribution in [0.2, 0.25) is 0 Å². The molecule has 0 fully saturated rings. The highest BCUT2D eigenvalue weighted by molar-refractivity contribution is 8.03. The number of thioether (sulfide) groups is 1. The molecule has 1 aromatic rings. The van der Waals surface area contributed by atoms with E-state index >= 15 is 0 Å². The van der Waals surface area contributed by atoms with Crippen LogP contribution in [-0.2, 0) is 22.4 Å². The van der Waals surface area contributed by atoms with Crippen LogP contribution < -0.4 is 4.74 Å². The van der Waals surface area contributed by atoms with Gasteiger partial charge in [-0.05, 0) is 23.6 Å². The van der Waals surface area contributed by atoms with Crippen molar-refractivity contribution in [2.75, 3.05) is 13.2 Å². The van der Waals surface area contributed by atoms with Crippen molar-refractivity contribution in [1.82, 2.24) is 0 Å². The fraction of sp³-hybridized carbons (Fsp3) is 0.333. The lowest BCUT2D eigenvalue weighted by atomic mass is 9.88. The summed E-state index contributed by atoms with van der Waals surface area (Å²) in [6, 6.07) is 4.00. The van der Waals surface area contributed by atoms with Crippen molar-refractivity contribution in [2.24, 2.45) is 5.92 Å². The van der Waals surface area contributed by atoms with Gasteiger partial charge in [0, 0.05) is 16.9 Å². The van der Waals surface area contributed by atoms with E-state index in [9.17, 15) is 14.7 Å². The summed E-state index contributed by atoms with van der Waals surface area (Å²) in [7, 11) is 0. The maximum atomic E-state index is 12.5. The number of hydrogen-bond donors (Lipinski definition) is 2. The van der Waals surface area contributed by atoms with Crippen LogP contribution in [0.3, 0.4) is 0 Å². The van der Waals surface area contributed by atoms with E-state index in [1.54, 1.807) is 6.08 Å². The third-order valence-electron chi connectivity index (χ3n) is 4.11. The summed E-state index contributed by atoms with van der Waals surface area (Å²) in [5.74, 6) is -1.84. The average molecular weight is 346 g/mol. The summed E-state index contributed by atoms with van der Waals surface area (Å²) in [5.41, 5.74) is 2.61. The Morgan fingerprint density at radius 2 is 2.21 bits per heavy atom. The Labute approximate surface area is 144 Å². The van der Waals surface area contributed by atoms with Gasteiger partial charge >= 0.3 is 5.97 Å². The molecule has 1 aliphatic carbocycles. The fourth-order valence-corrected chi connectivity index (χ4v) is 4.03. The molecule has 24 heavy (non-hydrogen) atoms. The second kappa shape index (κ2) is 6.83. The SMILES string of the molecule is CCc1cc2c(c(OCCO)c1)SC1=C(C2)C(=O)C(C(=O)O)C=C1. The summed E-state index contributed by atoms with van der Waals surface area (Å²) < 4.78 is 5.67. The molecule has 3 rings (SSSR count). The van der Waals surface area contributed by atoms with E-state index in [1.165, 1.54) is 17.8 Å². The monoisotopic (exact) mass is 346 g/mol. The lowest BCUT2D eigenvalue weighted by molar-refractivity contribution is -0.143. The van der Waals surface area contributed by atoms with Gasteiger partial charge in [-0.15, -0.1) is 0 Å². The molecule has 126 valence electrons. The first-order chi connectivity index (χ1) is 11.5. The van der Waals surface area contributed by atoms with E-state index in [0.717, 1.165) is 27.3 Å². The molecule has 0 aromatic heterocycles. The number of aliphatic hydroxyl groups is 1. The first-order valence-electron chi connectivity index (χ1n) is 7.80. The van der Waals surface area contributed by atoms with Crippen LogP contribution in [-0.4, -0.2) is 35.2 Å². The Kier molecular flexibility index (Phi) is 4.78. The zero-order valence-corrected chi connectivity index (χ0v) is 14.1. The van der Waals surface area contributed by atoms with Crippen molar-refractivity contribution in [1.29, 1.82) is 0 Å². The Morgan fingerprint density at radius 3 is 2.88 bits per heavy atom. The quantitative estimate of drug-likeness (QED) is 0.797. The number of carbonyl (C=O) groups is 2. The number of carboxylic acid groups (broad SMARTS) is 1. The third kappa shape index (κ3) is 2.99. The Balaban J connectivity index is 1.99. The minimum Gasteiger partial charge on any atom is -0.490 e. The number of aliphatic carboxylic acids is 1. The number of benzene rings is 1. The summed E-state index contributed by atoms with van der Waals surface area (Å²) in [5, 5.41) is 18.2. The molecule has 1 aromatic carbocycles. The molecular weight excluding hydrogens is 328 g/mol.